The Morgan fingerprint density at radius 1 is 0.614 bits per heavy atom. The van der Waals surface area contributed by atoms with E-state index in [0.29, 0.717) is 36.9 Å². The summed E-state index contributed by atoms with van der Waals surface area (Å²) in [5, 5.41) is 21.0. The molecule has 0 aliphatic heterocycles. The van der Waals surface area contributed by atoms with Crippen LogP contribution in [0.3, 0.4) is 0 Å². The first kappa shape index (κ1) is 32.3. The maximum absolute atomic E-state index is 10.5. The number of aryl methyl sites for hydroxylation is 4. The van der Waals surface area contributed by atoms with Gasteiger partial charge in [-0.3, -0.25) is 0 Å². The molecule has 2 saturated carbocycles. The monoisotopic (exact) mass is 598 g/mol. The molecule has 2 heteroatoms. The lowest BCUT2D eigenvalue weighted by Gasteiger charge is -2.55. The number of fused-ring (bicyclic) bond motifs is 6. The lowest BCUT2D eigenvalue weighted by atomic mass is 9.49. The summed E-state index contributed by atoms with van der Waals surface area (Å²) in [6, 6.07) is 10.5. The van der Waals surface area contributed by atoms with Gasteiger partial charge in [-0.15, -0.1) is 0 Å². The van der Waals surface area contributed by atoms with Crippen molar-refractivity contribution in [1.29, 1.82) is 0 Å². The van der Waals surface area contributed by atoms with Crippen LogP contribution in [-0.4, -0.2) is 23.4 Å². The summed E-state index contributed by atoms with van der Waals surface area (Å²) in [6.07, 6.45) is 14.1. The third kappa shape index (κ3) is 5.04. The minimum Gasteiger partial charge on any atom is -0.396 e. The van der Waals surface area contributed by atoms with Crippen molar-refractivity contribution in [2.24, 2.45) is 22.7 Å². The topological polar surface area (TPSA) is 40.5 Å². The van der Waals surface area contributed by atoms with E-state index < -0.39 is 0 Å². The van der Waals surface area contributed by atoms with Crippen LogP contribution in [0.2, 0.25) is 0 Å². The van der Waals surface area contributed by atoms with Crippen LogP contribution in [0.1, 0.15) is 163 Å². The number of hydrogen-bond acceptors (Lipinski definition) is 2. The molecule has 2 fully saturated rings. The molecule has 6 atom stereocenters. The Labute approximate surface area is 269 Å². The Bertz CT molecular complexity index is 1280. The molecular weight excluding hydrogens is 536 g/mol. The van der Waals surface area contributed by atoms with Gasteiger partial charge in [-0.25, -0.2) is 0 Å². The van der Waals surface area contributed by atoms with E-state index in [1.54, 1.807) is 44.5 Å². The lowest BCUT2D eigenvalue weighted by Crippen LogP contribution is -2.50. The van der Waals surface area contributed by atoms with Crippen LogP contribution in [0.25, 0.3) is 0 Å². The molecule has 0 heterocycles. The van der Waals surface area contributed by atoms with Gasteiger partial charge >= 0.3 is 0 Å². The van der Waals surface area contributed by atoms with Crippen molar-refractivity contribution in [1.82, 2.24) is 0 Å². The summed E-state index contributed by atoms with van der Waals surface area (Å²) < 4.78 is 0. The highest BCUT2D eigenvalue weighted by atomic mass is 16.3. The molecule has 2 nitrogen and oxygen atoms in total. The summed E-state index contributed by atoms with van der Waals surface area (Å²) in [4.78, 5) is 0. The first-order chi connectivity index (χ1) is 20.8. The number of benzene rings is 2. The summed E-state index contributed by atoms with van der Waals surface area (Å²) in [5.41, 5.74) is 13.0. The van der Waals surface area contributed by atoms with Gasteiger partial charge in [-0.1, -0.05) is 92.5 Å². The predicted molar refractivity (Wildman–Crippen MR) is 185 cm³/mol. The maximum Gasteiger partial charge on any atom is 0.0487 e. The zero-order chi connectivity index (χ0) is 31.7. The molecule has 2 unspecified atom stereocenters. The molecule has 0 spiro atoms. The van der Waals surface area contributed by atoms with E-state index in [2.05, 4.69) is 79.7 Å². The molecule has 0 aromatic heterocycles. The van der Waals surface area contributed by atoms with Crippen LogP contribution in [-0.2, 0) is 36.5 Å². The van der Waals surface area contributed by atoms with E-state index in [9.17, 15) is 10.2 Å². The van der Waals surface area contributed by atoms with Crippen molar-refractivity contribution >= 4 is 0 Å². The zero-order valence-corrected chi connectivity index (χ0v) is 29.4. The second-order valence-corrected chi connectivity index (χ2v) is 17.6. The van der Waals surface area contributed by atoms with E-state index in [-0.39, 0.29) is 21.7 Å². The molecule has 2 aromatic rings. The molecule has 44 heavy (non-hydrogen) atoms. The first-order valence-corrected chi connectivity index (χ1v) is 18.3. The van der Waals surface area contributed by atoms with E-state index in [1.165, 1.54) is 38.5 Å². The average Bonchev–Trinajstić information content (AvgIpc) is 2.99. The fourth-order valence-corrected chi connectivity index (χ4v) is 11.6. The highest BCUT2D eigenvalue weighted by Gasteiger charge is 2.53. The molecule has 2 aromatic carbocycles. The Morgan fingerprint density at radius 2 is 1.00 bits per heavy atom. The summed E-state index contributed by atoms with van der Waals surface area (Å²) in [7, 11) is 0. The third-order valence-corrected chi connectivity index (χ3v) is 14.1. The minimum atomic E-state index is 0.0378. The molecule has 0 saturated heterocycles. The Morgan fingerprint density at radius 3 is 1.34 bits per heavy atom. The fourth-order valence-electron chi connectivity index (χ4n) is 11.6. The number of rotatable bonds is 7. The zero-order valence-electron chi connectivity index (χ0n) is 29.4. The molecule has 0 bridgehead atoms. The standard InChI is InChI=1S/C42H62O2/c1-27(2)33-21-31-13-15-37-39(5,25-43)17-9-19-41(37,7)35(31)23-29(33)11-12-30-24-36-32(22-34(30)28(3)4)14-16-38-40(6,26-44)18-10-20-42(36,38)8/h21-24,27-28,37-38,43-44H,9-20,25-26H2,1-8H3/t37?,38?,39-,40-,41+,42+/m0/s1. The van der Waals surface area contributed by atoms with Gasteiger partial charge in [0.15, 0.2) is 0 Å². The maximum atomic E-state index is 10.5. The lowest BCUT2D eigenvalue weighted by molar-refractivity contribution is -0.0179. The Kier molecular flexibility index (Phi) is 8.48. The van der Waals surface area contributed by atoms with Gasteiger partial charge in [-0.2, -0.15) is 0 Å². The normalized spacial score (nSPS) is 34.8. The van der Waals surface area contributed by atoms with E-state index >= 15 is 0 Å². The van der Waals surface area contributed by atoms with Crippen LogP contribution in [0.15, 0.2) is 24.3 Å². The predicted octanol–water partition coefficient (Wildman–Crippen LogP) is 9.72. The molecule has 0 amide bonds. The van der Waals surface area contributed by atoms with Crippen molar-refractivity contribution < 1.29 is 10.2 Å². The van der Waals surface area contributed by atoms with Crippen molar-refractivity contribution in [2.75, 3.05) is 13.2 Å². The Hall–Kier alpha value is -1.64. The molecule has 242 valence electrons. The van der Waals surface area contributed by atoms with Crippen molar-refractivity contribution in [3.05, 3.63) is 68.8 Å². The molecule has 4 aliphatic carbocycles. The second-order valence-electron chi connectivity index (χ2n) is 17.6. The van der Waals surface area contributed by atoms with Crippen LogP contribution in [0.4, 0.5) is 0 Å². The molecule has 2 N–H and O–H groups in total. The van der Waals surface area contributed by atoms with Gasteiger partial charge in [-0.05, 0) is 154 Å². The Balaban J connectivity index is 1.38. The number of aliphatic hydroxyl groups excluding tert-OH is 2. The first-order valence-electron chi connectivity index (χ1n) is 18.3. The van der Waals surface area contributed by atoms with Crippen molar-refractivity contribution in [3.63, 3.8) is 0 Å². The van der Waals surface area contributed by atoms with E-state index in [1.807, 2.05) is 0 Å². The van der Waals surface area contributed by atoms with Gasteiger partial charge in [0.1, 0.15) is 0 Å². The van der Waals surface area contributed by atoms with Crippen LogP contribution in [0, 0.1) is 22.7 Å². The van der Waals surface area contributed by atoms with Gasteiger partial charge in [0, 0.05) is 13.2 Å². The summed E-state index contributed by atoms with van der Waals surface area (Å²) in [5.74, 6) is 2.14. The molecule has 4 aliphatic rings. The van der Waals surface area contributed by atoms with E-state index in [4.69, 9.17) is 0 Å². The van der Waals surface area contributed by atoms with Crippen molar-refractivity contribution in [2.45, 2.75) is 155 Å². The fraction of sp³-hybridized carbons (Fsp3) is 0.714. The van der Waals surface area contributed by atoms with Gasteiger partial charge < -0.3 is 10.2 Å². The SMILES string of the molecule is CC(C)c1cc2c(cc1CCc1cc3c(cc1C(C)C)CCC1[C@](C)(CO)CCC[C@]31C)[C@@]1(C)CCC[C@@](C)(CO)C1CC2. The van der Waals surface area contributed by atoms with Crippen LogP contribution >= 0.6 is 0 Å². The number of hydrogen-bond donors (Lipinski definition) is 2. The molecular formula is C42H62O2. The highest BCUT2D eigenvalue weighted by Crippen LogP contribution is 2.59. The van der Waals surface area contributed by atoms with Crippen LogP contribution in [0.5, 0.6) is 0 Å². The third-order valence-electron chi connectivity index (χ3n) is 14.1. The molecule has 0 radical (unpaired) electrons. The number of aliphatic hydroxyl groups is 2. The minimum absolute atomic E-state index is 0.0378. The average molecular weight is 599 g/mol. The van der Waals surface area contributed by atoms with Crippen molar-refractivity contribution in [3.8, 4) is 0 Å². The summed E-state index contributed by atoms with van der Waals surface area (Å²) in [6.45, 7) is 19.9. The van der Waals surface area contributed by atoms with E-state index in [0.717, 1.165) is 38.5 Å². The smallest absolute Gasteiger partial charge is 0.0487 e. The quantitative estimate of drug-likeness (QED) is 0.333. The van der Waals surface area contributed by atoms with Crippen LogP contribution < -0.4 is 0 Å². The highest BCUT2D eigenvalue weighted by molar-refractivity contribution is 5.49. The van der Waals surface area contributed by atoms with Gasteiger partial charge in [0.25, 0.3) is 0 Å². The molecule has 6 rings (SSSR count). The summed E-state index contributed by atoms with van der Waals surface area (Å²) >= 11 is 0. The van der Waals surface area contributed by atoms with Gasteiger partial charge in [0.05, 0.1) is 0 Å². The second kappa shape index (κ2) is 11.6. The largest absolute Gasteiger partial charge is 0.396 e. The van der Waals surface area contributed by atoms with Gasteiger partial charge in [0.2, 0.25) is 0 Å².